The zero-order chi connectivity index (χ0) is 20.4. The van der Waals surface area contributed by atoms with E-state index in [2.05, 4.69) is 52.2 Å². The molecule has 0 bridgehead atoms. The Balaban J connectivity index is 1.65. The first-order valence-electron chi connectivity index (χ1n) is 8.76. The van der Waals surface area contributed by atoms with Gasteiger partial charge < -0.3 is 10.2 Å². The van der Waals surface area contributed by atoms with Gasteiger partial charge in [0.2, 0.25) is 0 Å². The van der Waals surface area contributed by atoms with Crippen molar-refractivity contribution in [2.45, 2.75) is 24.0 Å². The monoisotopic (exact) mass is 420 g/mol. The number of anilines is 1. The van der Waals surface area contributed by atoms with Crippen LogP contribution in [0.1, 0.15) is 19.4 Å². The Bertz CT molecular complexity index is 1190. The van der Waals surface area contributed by atoms with E-state index in [-0.39, 0.29) is 11.7 Å². The number of thiophene rings is 1. The quantitative estimate of drug-likeness (QED) is 0.454. The minimum Gasteiger partial charge on any atom is -0.414 e. The van der Waals surface area contributed by atoms with Crippen molar-refractivity contribution >= 4 is 28.9 Å². The summed E-state index contributed by atoms with van der Waals surface area (Å²) in [6, 6.07) is 11.9. The molecule has 0 spiro atoms. The Morgan fingerprint density at radius 3 is 2.62 bits per heavy atom. The van der Waals surface area contributed by atoms with Gasteiger partial charge in [-0.2, -0.15) is 5.26 Å². The molecule has 0 amide bonds. The summed E-state index contributed by atoms with van der Waals surface area (Å²) in [7, 11) is 0. The van der Waals surface area contributed by atoms with Crippen molar-refractivity contribution < 1.29 is 4.42 Å². The summed E-state index contributed by atoms with van der Waals surface area (Å²) in [4.78, 5) is 10.7. The zero-order valence-corrected chi connectivity index (χ0v) is 17.3. The highest BCUT2D eigenvalue weighted by atomic mass is 32.2. The molecule has 9 heteroatoms. The standard InChI is InChI=1S/C20H16N6OS2/c1-11(2)29-14-5-3-13(4-6-14)15-9-23-18(22)17(24-15)20-26-25-19(27-20)16-7-12(8-21)10-28-16/h3-7,9-11H,1-2H3,(H2,22,23). The first kappa shape index (κ1) is 19.1. The van der Waals surface area contributed by atoms with E-state index in [4.69, 9.17) is 15.4 Å². The number of hydrogen-bond donors (Lipinski definition) is 1. The van der Waals surface area contributed by atoms with Gasteiger partial charge >= 0.3 is 0 Å². The maximum atomic E-state index is 8.97. The molecule has 29 heavy (non-hydrogen) atoms. The summed E-state index contributed by atoms with van der Waals surface area (Å²) in [6.07, 6.45) is 1.62. The van der Waals surface area contributed by atoms with Crippen LogP contribution in [0, 0.1) is 11.3 Å². The van der Waals surface area contributed by atoms with Crippen molar-refractivity contribution in [3.05, 3.63) is 47.5 Å². The van der Waals surface area contributed by atoms with Crippen molar-refractivity contribution in [3.63, 3.8) is 0 Å². The van der Waals surface area contributed by atoms with Crippen LogP contribution in [0.25, 0.3) is 33.6 Å². The van der Waals surface area contributed by atoms with Crippen LogP contribution in [-0.4, -0.2) is 25.4 Å². The molecule has 4 rings (SSSR count). The van der Waals surface area contributed by atoms with Gasteiger partial charge in [-0.3, -0.25) is 0 Å². The second-order valence-electron chi connectivity index (χ2n) is 6.40. The fourth-order valence-electron chi connectivity index (χ4n) is 2.60. The van der Waals surface area contributed by atoms with Crippen LogP contribution in [0.15, 0.2) is 51.2 Å². The molecule has 0 saturated carbocycles. The molecule has 144 valence electrons. The maximum absolute atomic E-state index is 8.97. The first-order valence-corrected chi connectivity index (χ1v) is 10.5. The van der Waals surface area contributed by atoms with Crippen molar-refractivity contribution in [2.24, 2.45) is 0 Å². The minimum atomic E-state index is 0.186. The Labute approximate surface area is 175 Å². The molecule has 1 aromatic carbocycles. The molecule has 4 aromatic rings. The second-order valence-corrected chi connectivity index (χ2v) is 8.97. The molecule has 0 aliphatic heterocycles. The van der Waals surface area contributed by atoms with Gasteiger partial charge in [0.05, 0.1) is 22.3 Å². The molecule has 2 N–H and O–H groups in total. The van der Waals surface area contributed by atoms with Gasteiger partial charge in [0, 0.05) is 21.1 Å². The molecule has 7 nitrogen and oxygen atoms in total. The lowest BCUT2D eigenvalue weighted by atomic mass is 10.1. The van der Waals surface area contributed by atoms with Gasteiger partial charge in [-0.1, -0.05) is 26.0 Å². The number of nitriles is 1. The molecule has 0 aliphatic carbocycles. The van der Waals surface area contributed by atoms with Crippen LogP contribution in [0.5, 0.6) is 0 Å². The largest absolute Gasteiger partial charge is 0.414 e. The van der Waals surface area contributed by atoms with Crippen molar-refractivity contribution in [2.75, 3.05) is 5.73 Å². The highest BCUT2D eigenvalue weighted by Gasteiger charge is 2.17. The predicted molar refractivity (Wildman–Crippen MR) is 114 cm³/mol. The summed E-state index contributed by atoms with van der Waals surface area (Å²) in [5.74, 6) is 0.707. The summed E-state index contributed by atoms with van der Waals surface area (Å²) in [5.41, 5.74) is 8.47. The summed E-state index contributed by atoms with van der Waals surface area (Å²) in [6.45, 7) is 4.32. The lowest BCUT2D eigenvalue weighted by Gasteiger charge is -2.07. The van der Waals surface area contributed by atoms with Gasteiger partial charge in [0.1, 0.15) is 6.07 Å². The normalized spacial score (nSPS) is 11.0. The van der Waals surface area contributed by atoms with Crippen LogP contribution in [-0.2, 0) is 0 Å². The number of hydrogen-bond acceptors (Lipinski definition) is 9. The fraction of sp³-hybridized carbons (Fsp3) is 0.150. The average molecular weight is 421 g/mol. The topological polar surface area (TPSA) is 115 Å². The minimum absolute atomic E-state index is 0.186. The Morgan fingerprint density at radius 2 is 1.93 bits per heavy atom. The molecule has 0 fully saturated rings. The Hall–Kier alpha value is -3.22. The van der Waals surface area contributed by atoms with E-state index in [9.17, 15) is 0 Å². The second kappa shape index (κ2) is 8.03. The number of nitrogens with two attached hydrogens (primary N) is 1. The van der Waals surface area contributed by atoms with Crippen LogP contribution >= 0.6 is 23.1 Å². The summed E-state index contributed by atoms with van der Waals surface area (Å²) < 4.78 is 5.74. The SMILES string of the molecule is CC(C)Sc1ccc(-c2cnc(N)c(-c3nnc(-c4cc(C#N)cs4)o3)n2)cc1. The highest BCUT2D eigenvalue weighted by molar-refractivity contribution is 7.99. The first-order chi connectivity index (χ1) is 14.0. The number of nitrogen functional groups attached to an aromatic ring is 1. The molecule has 0 radical (unpaired) electrons. The van der Waals surface area contributed by atoms with E-state index in [0.717, 1.165) is 5.56 Å². The number of nitrogens with zero attached hydrogens (tertiary/aromatic N) is 5. The van der Waals surface area contributed by atoms with Crippen molar-refractivity contribution in [1.29, 1.82) is 5.26 Å². The number of rotatable bonds is 5. The van der Waals surface area contributed by atoms with Crippen LogP contribution in [0.4, 0.5) is 5.82 Å². The predicted octanol–water partition coefficient (Wildman–Crippen LogP) is 4.88. The maximum Gasteiger partial charge on any atom is 0.270 e. The van der Waals surface area contributed by atoms with E-state index in [1.807, 2.05) is 12.1 Å². The Morgan fingerprint density at radius 1 is 1.17 bits per heavy atom. The lowest BCUT2D eigenvalue weighted by Crippen LogP contribution is -1.99. The molecule has 0 aliphatic rings. The molecular formula is C20H16N6OS2. The third-order valence-corrected chi connectivity index (χ3v) is 5.82. The van der Waals surface area contributed by atoms with Gasteiger partial charge in [0.15, 0.2) is 11.5 Å². The fourth-order valence-corrected chi connectivity index (χ4v) is 4.19. The third-order valence-electron chi connectivity index (χ3n) is 3.89. The lowest BCUT2D eigenvalue weighted by molar-refractivity contribution is 0.583. The molecule has 3 heterocycles. The molecular weight excluding hydrogens is 404 g/mol. The summed E-state index contributed by atoms with van der Waals surface area (Å²) >= 11 is 3.16. The van der Waals surface area contributed by atoms with Crippen LogP contribution in [0.2, 0.25) is 0 Å². The van der Waals surface area contributed by atoms with E-state index in [0.29, 0.717) is 33.0 Å². The zero-order valence-electron chi connectivity index (χ0n) is 15.7. The van der Waals surface area contributed by atoms with Gasteiger partial charge in [-0.25, -0.2) is 9.97 Å². The van der Waals surface area contributed by atoms with Crippen LogP contribution < -0.4 is 5.73 Å². The smallest absolute Gasteiger partial charge is 0.270 e. The molecule has 0 unspecified atom stereocenters. The number of aromatic nitrogens is 4. The average Bonchev–Trinajstić information content (AvgIpc) is 3.38. The van der Waals surface area contributed by atoms with E-state index < -0.39 is 0 Å². The third kappa shape index (κ3) is 4.13. The van der Waals surface area contributed by atoms with Gasteiger partial charge in [-0.15, -0.1) is 33.3 Å². The van der Waals surface area contributed by atoms with Gasteiger partial charge in [-0.05, 0) is 18.2 Å². The van der Waals surface area contributed by atoms with Crippen molar-refractivity contribution in [1.82, 2.24) is 20.2 Å². The molecule has 0 atom stereocenters. The van der Waals surface area contributed by atoms with Gasteiger partial charge in [0.25, 0.3) is 11.8 Å². The van der Waals surface area contributed by atoms with Crippen LogP contribution in [0.3, 0.4) is 0 Å². The molecule has 3 aromatic heterocycles. The van der Waals surface area contributed by atoms with Crippen molar-refractivity contribution in [3.8, 4) is 39.7 Å². The van der Waals surface area contributed by atoms with E-state index >= 15 is 0 Å². The van der Waals surface area contributed by atoms with E-state index in [1.165, 1.54) is 16.2 Å². The Kier molecular flexibility index (Phi) is 5.29. The van der Waals surface area contributed by atoms with E-state index in [1.54, 1.807) is 29.4 Å². The molecule has 0 saturated heterocycles. The number of thioether (sulfide) groups is 1. The summed E-state index contributed by atoms with van der Waals surface area (Å²) in [5, 5.41) is 19.3. The number of benzene rings is 1. The highest BCUT2D eigenvalue weighted by Crippen LogP contribution is 2.31.